The molecule has 0 unspecified atom stereocenters. The molecule has 0 amide bonds. The highest BCUT2D eigenvalue weighted by Gasteiger charge is 2.14. The van der Waals surface area contributed by atoms with E-state index in [1.807, 2.05) is 12.1 Å². The van der Waals surface area contributed by atoms with Crippen molar-refractivity contribution in [3.05, 3.63) is 46.0 Å². The smallest absolute Gasteiger partial charge is 0.339 e. The largest absolute Gasteiger partial charge is 0.493 e. The fourth-order valence-electron chi connectivity index (χ4n) is 2.45. The average molecular weight is 404 g/mol. The minimum atomic E-state index is -0.493. The molecule has 0 bridgehead atoms. The zero-order valence-electron chi connectivity index (χ0n) is 17.5. The van der Waals surface area contributed by atoms with Crippen LogP contribution < -0.4 is 24.6 Å². The molecule has 0 fully saturated rings. The van der Waals surface area contributed by atoms with E-state index in [1.165, 1.54) is 6.07 Å². The Morgan fingerprint density at radius 3 is 2.21 bits per heavy atom. The molecule has 7 nitrogen and oxygen atoms in total. The summed E-state index contributed by atoms with van der Waals surface area (Å²) in [6.07, 6.45) is 3.46. The van der Waals surface area contributed by atoms with E-state index in [4.69, 9.17) is 28.1 Å². The highest BCUT2D eigenvalue weighted by Crippen LogP contribution is 2.39. The second kappa shape index (κ2) is 11.2. The summed E-state index contributed by atoms with van der Waals surface area (Å²) in [5.41, 5.74) is 0.302. The van der Waals surface area contributed by atoms with Gasteiger partial charge in [-0.2, -0.15) is 0 Å². The lowest BCUT2D eigenvalue weighted by Gasteiger charge is -2.16. The first-order valence-corrected chi connectivity index (χ1v) is 9.30. The van der Waals surface area contributed by atoms with Gasteiger partial charge < -0.3 is 28.1 Å². The van der Waals surface area contributed by atoms with Crippen molar-refractivity contribution in [2.45, 2.75) is 13.8 Å². The Bertz CT molecular complexity index is 843. The van der Waals surface area contributed by atoms with Crippen LogP contribution in [0, 0.1) is 5.92 Å². The van der Waals surface area contributed by atoms with E-state index in [1.54, 1.807) is 39.5 Å². The highest BCUT2D eigenvalue weighted by molar-refractivity contribution is 5.71. The molecule has 0 aliphatic heterocycles. The maximum Gasteiger partial charge on any atom is 0.339 e. The van der Waals surface area contributed by atoms with E-state index in [9.17, 15) is 4.79 Å². The Labute approximate surface area is 170 Å². The topological polar surface area (TPSA) is 76.4 Å². The van der Waals surface area contributed by atoms with Crippen LogP contribution >= 0.6 is 0 Å². The molecule has 0 aliphatic rings. The lowest BCUT2D eigenvalue weighted by atomic mass is 10.1. The summed E-state index contributed by atoms with van der Waals surface area (Å²) in [5.74, 6) is 2.82. The van der Waals surface area contributed by atoms with Gasteiger partial charge in [-0.25, -0.2) is 4.79 Å². The quantitative estimate of drug-likeness (QED) is 0.526. The van der Waals surface area contributed by atoms with Gasteiger partial charge in [0.25, 0.3) is 0 Å². The first-order valence-electron chi connectivity index (χ1n) is 9.30. The molecule has 2 aromatic rings. The van der Waals surface area contributed by atoms with Crippen molar-refractivity contribution < 1.29 is 28.1 Å². The summed E-state index contributed by atoms with van der Waals surface area (Å²) in [6.45, 7) is 5.45. The number of benzene rings is 1. The van der Waals surface area contributed by atoms with Crippen molar-refractivity contribution in [2.75, 3.05) is 41.2 Å². The number of rotatable bonds is 11. The van der Waals surface area contributed by atoms with E-state index in [0.717, 1.165) is 5.56 Å². The first kappa shape index (κ1) is 22.4. The zero-order chi connectivity index (χ0) is 21.2. The van der Waals surface area contributed by atoms with Crippen LogP contribution in [0.1, 0.15) is 25.2 Å². The molecule has 0 N–H and O–H groups in total. The van der Waals surface area contributed by atoms with Gasteiger partial charge in [0.1, 0.15) is 18.1 Å². The third kappa shape index (κ3) is 6.87. The summed E-state index contributed by atoms with van der Waals surface area (Å²) in [4.78, 5) is 11.8. The molecule has 0 atom stereocenters. The van der Waals surface area contributed by atoms with Gasteiger partial charge in [0.15, 0.2) is 11.5 Å². The molecule has 1 aromatic heterocycles. The third-order valence-electron chi connectivity index (χ3n) is 3.80. The Morgan fingerprint density at radius 2 is 1.62 bits per heavy atom. The first-order chi connectivity index (χ1) is 14.0. The summed E-state index contributed by atoms with van der Waals surface area (Å²) in [5, 5.41) is 0. The molecule has 7 heteroatoms. The van der Waals surface area contributed by atoms with Crippen LogP contribution in [0.15, 0.2) is 33.5 Å². The number of hydrogen-bond acceptors (Lipinski definition) is 7. The molecular formula is C22H28O7. The van der Waals surface area contributed by atoms with Crippen LogP contribution in [0.5, 0.6) is 23.0 Å². The standard InChI is InChI=1S/C22H28O7/c1-15(2)14-28-22-19(25-4)10-16(11-20(22)26-5)6-7-17-12-18(13-21(23)29-17)27-9-8-24-3/h6-7,10-13,15H,8-9,14H2,1-5H3. The normalized spacial score (nSPS) is 11.1. The van der Waals surface area contributed by atoms with Gasteiger partial charge in [-0.15, -0.1) is 0 Å². The minimum Gasteiger partial charge on any atom is -0.493 e. The van der Waals surface area contributed by atoms with Gasteiger partial charge in [-0.1, -0.05) is 19.9 Å². The molecular weight excluding hydrogens is 376 g/mol. The fraction of sp³-hybridized carbons (Fsp3) is 0.409. The molecule has 29 heavy (non-hydrogen) atoms. The van der Waals surface area contributed by atoms with Crippen LogP contribution in [-0.2, 0) is 4.74 Å². The van der Waals surface area contributed by atoms with E-state index in [0.29, 0.717) is 54.5 Å². The summed E-state index contributed by atoms with van der Waals surface area (Å²) >= 11 is 0. The molecule has 0 aliphatic carbocycles. The van der Waals surface area contributed by atoms with Crippen molar-refractivity contribution >= 4 is 12.2 Å². The van der Waals surface area contributed by atoms with Gasteiger partial charge in [0.2, 0.25) is 5.75 Å². The predicted molar refractivity (Wildman–Crippen MR) is 111 cm³/mol. The Kier molecular flexibility index (Phi) is 8.61. The van der Waals surface area contributed by atoms with Crippen LogP contribution in [-0.4, -0.2) is 41.2 Å². The predicted octanol–water partition coefficient (Wildman–Crippen LogP) is 3.89. The van der Waals surface area contributed by atoms with Gasteiger partial charge in [0, 0.05) is 13.2 Å². The number of ether oxygens (including phenoxy) is 5. The SMILES string of the molecule is COCCOc1cc(C=Cc2cc(OC)c(OCC(C)C)c(OC)c2)oc(=O)c1. The van der Waals surface area contributed by atoms with Gasteiger partial charge >= 0.3 is 5.63 Å². The summed E-state index contributed by atoms with van der Waals surface area (Å²) < 4.78 is 32.4. The number of hydrogen-bond donors (Lipinski definition) is 0. The molecule has 2 rings (SSSR count). The lowest BCUT2D eigenvalue weighted by molar-refractivity contribution is 0.146. The monoisotopic (exact) mass is 404 g/mol. The van der Waals surface area contributed by atoms with E-state index >= 15 is 0 Å². The zero-order valence-corrected chi connectivity index (χ0v) is 17.5. The third-order valence-corrected chi connectivity index (χ3v) is 3.80. The maximum atomic E-state index is 11.8. The lowest BCUT2D eigenvalue weighted by Crippen LogP contribution is -2.07. The maximum absolute atomic E-state index is 11.8. The van der Waals surface area contributed by atoms with E-state index in [-0.39, 0.29) is 0 Å². The Hall–Kier alpha value is -2.93. The second-order valence-electron chi connectivity index (χ2n) is 6.65. The van der Waals surface area contributed by atoms with Crippen molar-refractivity contribution in [1.29, 1.82) is 0 Å². The van der Waals surface area contributed by atoms with Crippen molar-refractivity contribution in [3.8, 4) is 23.0 Å². The van der Waals surface area contributed by atoms with Crippen LogP contribution in [0.3, 0.4) is 0 Å². The molecule has 0 radical (unpaired) electrons. The molecule has 1 aromatic carbocycles. The van der Waals surface area contributed by atoms with Crippen molar-refractivity contribution in [1.82, 2.24) is 0 Å². The molecule has 1 heterocycles. The summed E-state index contributed by atoms with van der Waals surface area (Å²) in [6, 6.07) is 6.58. The van der Waals surface area contributed by atoms with E-state index in [2.05, 4.69) is 13.8 Å². The number of methoxy groups -OCH3 is 3. The van der Waals surface area contributed by atoms with E-state index < -0.39 is 5.63 Å². The molecule has 0 spiro atoms. The highest BCUT2D eigenvalue weighted by atomic mass is 16.5. The van der Waals surface area contributed by atoms with Gasteiger partial charge in [0.05, 0.1) is 33.5 Å². The van der Waals surface area contributed by atoms with Crippen LogP contribution in [0.2, 0.25) is 0 Å². The van der Waals surface area contributed by atoms with Crippen molar-refractivity contribution in [2.24, 2.45) is 5.92 Å². The Balaban J connectivity index is 2.26. The molecule has 0 saturated carbocycles. The van der Waals surface area contributed by atoms with Crippen molar-refractivity contribution in [3.63, 3.8) is 0 Å². The summed E-state index contributed by atoms with van der Waals surface area (Å²) in [7, 11) is 4.73. The molecule has 0 saturated heterocycles. The van der Waals surface area contributed by atoms with Gasteiger partial charge in [-0.3, -0.25) is 0 Å². The van der Waals surface area contributed by atoms with Crippen LogP contribution in [0.4, 0.5) is 0 Å². The Morgan fingerprint density at radius 1 is 0.931 bits per heavy atom. The van der Waals surface area contributed by atoms with Crippen LogP contribution in [0.25, 0.3) is 12.2 Å². The average Bonchev–Trinajstić information content (AvgIpc) is 2.70. The fourth-order valence-corrected chi connectivity index (χ4v) is 2.45. The van der Waals surface area contributed by atoms with Gasteiger partial charge in [-0.05, 0) is 29.7 Å². The minimum absolute atomic E-state index is 0.343. The molecule has 158 valence electrons. The second-order valence-corrected chi connectivity index (χ2v) is 6.65.